The molecule has 2 nitrogen and oxygen atoms in total. The molecule has 19 heavy (non-hydrogen) atoms. The molecule has 0 saturated carbocycles. The van der Waals surface area contributed by atoms with Crippen molar-refractivity contribution in [2.75, 3.05) is 13.6 Å². The zero-order valence-electron chi connectivity index (χ0n) is 12.1. The minimum absolute atomic E-state index is 0. The molecule has 0 bridgehead atoms. The molecule has 1 unspecified atom stereocenters. The van der Waals surface area contributed by atoms with Crippen molar-refractivity contribution in [3.8, 4) is 0 Å². The summed E-state index contributed by atoms with van der Waals surface area (Å²) in [4.78, 5) is 6.54. The minimum Gasteiger partial charge on any atom is -0.358 e. The third kappa shape index (κ3) is 8.89. The Balaban J connectivity index is -0.000000329. The summed E-state index contributed by atoms with van der Waals surface area (Å²) >= 11 is 0. The van der Waals surface area contributed by atoms with Crippen LogP contribution in [0.3, 0.4) is 0 Å². The first-order chi connectivity index (χ1) is 7.79. The van der Waals surface area contributed by atoms with Gasteiger partial charge in [0.2, 0.25) is 0 Å². The molecule has 1 radical (unpaired) electrons. The first-order valence-corrected chi connectivity index (χ1v) is 6.19. The predicted octanol–water partition coefficient (Wildman–Crippen LogP) is 4.55. The fraction of sp³-hybridized carbons (Fsp3) is 0.562. The van der Waals surface area contributed by atoms with Crippen LogP contribution >= 0.6 is 0 Å². The zero-order valence-corrected chi connectivity index (χ0v) is 14.9. The van der Waals surface area contributed by atoms with Gasteiger partial charge in [-0.1, -0.05) is 26.8 Å². The predicted molar refractivity (Wildman–Crippen MR) is 82.3 cm³/mol. The second-order valence-electron chi connectivity index (χ2n) is 4.28. The van der Waals surface area contributed by atoms with Crippen LogP contribution in [-0.2, 0) is 32.7 Å². The second-order valence-corrected chi connectivity index (χ2v) is 4.28. The summed E-state index contributed by atoms with van der Waals surface area (Å²) in [5.74, 6) is 0. The van der Waals surface area contributed by atoms with Gasteiger partial charge in [-0.05, 0) is 38.1 Å². The van der Waals surface area contributed by atoms with Gasteiger partial charge in [-0.25, -0.2) is 0 Å². The molecule has 1 fully saturated rings. The maximum Gasteiger partial charge on any atom is 0.0360 e. The Bertz CT molecular complexity index is 275. The van der Waals surface area contributed by atoms with Gasteiger partial charge in [-0.3, -0.25) is 9.88 Å². The van der Waals surface area contributed by atoms with Crippen molar-refractivity contribution in [3.63, 3.8) is 0 Å². The third-order valence-electron chi connectivity index (χ3n) is 2.94. The smallest absolute Gasteiger partial charge is 0.0360 e. The van der Waals surface area contributed by atoms with Crippen LogP contribution in [-0.4, -0.2) is 23.5 Å². The Morgan fingerprint density at radius 2 is 2.11 bits per heavy atom. The van der Waals surface area contributed by atoms with E-state index in [-0.39, 0.29) is 47.6 Å². The average Bonchev–Trinajstić information content (AvgIpc) is 2.77. The monoisotopic (exact) mass is 339 g/mol. The summed E-state index contributed by atoms with van der Waals surface area (Å²) in [5, 5.41) is 0. The molecule has 2 rings (SSSR count). The number of nitrogens with zero attached hydrogens (tertiary/aromatic N) is 2. The summed E-state index contributed by atoms with van der Waals surface area (Å²) in [5.41, 5.74) is 1.36. The molecule has 1 aliphatic rings. The van der Waals surface area contributed by atoms with Crippen LogP contribution in [0.25, 0.3) is 0 Å². The Hall–Kier alpha value is 0.214. The first kappa shape index (κ1) is 24.2. The summed E-state index contributed by atoms with van der Waals surface area (Å²) in [6.07, 6.45) is 8.68. The molecule has 2 heterocycles. The summed E-state index contributed by atoms with van der Waals surface area (Å²) < 4.78 is 0. The van der Waals surface area contributed by atoms with E-state index in [1.165, 1.54) is 31.4 Å². The summed E-state index contributed by atoms with van der Waals surface area (Å²) in [7, 11) is 2.19. The molecule has 0 N–H and O–H groups in total. The number of rotatable bonds is 2. The molecular formula is C16H30N2Y-2. The van der Waals surface area contributed by atoms with Gasteiger partial charge in [0.05, 0.1) is 0 Å². The SMILES string of the molecule is C.CN1CCCC1c1cccnc1.[CH2-]CCC.[CH3-].[Y]. The zero-order chi connectivity index (χ0) is 11.8. The van der Waals surface area contributed by atoms with Crippen molar-refractivity contribution in [1.29, 1.82) is 0 Å². The Labute approximate surface area is 146 Å². The molecule has 0 aliphatic carbocycles. The van der Waals surface area contributed by atoms with Gasteiger partial charge in [0.1, 0.15) is 0 Å². The van der Waals surface area contributed by atoms with Crippen molar-refractivity contribution in [2.24, 2.45) is 0 Å². The molecule has 1 atom stereocenters. The third-order valence-corrected chi connectivity index (χ3v) is 2.94. The van der Waals surface area contributed by atoms with E-state index in [2.05, 4.69) is 36.8 Å². The second kappa shape index (κ2) is 14.6. The number of unbranched alkanes of at least 4 members (excludes halogenated alkanes) is 1. The van der Waals surface area contributed by atoms with Crippen LogP contribution < -0.4 is 0 Å². The molecule has 0 amide bonds. The van der Waals surface area contributed by atoms with Crippen LogP contribution in [0.1, 0.15) is 51.6 Å². The maximum absolute atomic E-state index is 4.14. The van der Waals surface area contributed by atoms with Crippen LogP contribution in [0, 0.1) is 14.4 Å². The normalized spacial score (nSPS) is 17.1. The maximum atomic E-state index is 4.14. The average molecular weight is 339 g/mol. The van der Waals surface area contributed by atoms with E-state index in [1.807, 2.05) is 18.5 Å². The van der Waals surface area contributed by atoms with Gasteiger partial charge in [-0.2, -0.15) is 6.42 Å². The van der Waals surface area contributed by atoms with Crippen LogP contribution in [0.15, 0.2) is 24.5 Å². The molecule has 1 saturated heterocycles. The number of likely N-dealkylation sites (tertiary alicyclic amines) is 1. The van der Waals surface area contributed by atoms with Crippen molar-refractivity contribution >= 4 is 0 Å². The van der Waals surface area contributed by atoms with E-state index in [0.717, 1.165) is 6.42 Å². The van der Waals surface area contributed by atoms with E-state index in [9.17, 15) is 0 Å². The molecule has 1 aromatic heterocycles. The van der Waals surface area contributed by atoms with Gasteiger partial charge in [0, 0.05) is 51.1 Å². The van der Waals surface area contributed by atoms with Crippen molar-refractivity contribution in [1.82, 2.24) is 9.88 Å². The number of aromatic nitrogens is 1. The van der Waals surface area contributed by atoms with Gasteiger partial charge in [0.25, 0.3) is 0 Å². The fourth-order valence-electron chi connectivity index (χ4n) is 1.90. The van der Waals surface area contributed by atoms with Crippen LogP contribution in [0.5, 0.6) is 0 Å². The first-order valence-electron chi connectivity index (χ1n) is 6.19. The van der Waals surface area contributed by atoms with Crippen LogP contribution in [0.2, 0.25) is 0 Å². The number of pyridine rings is 1. The molecule has 1 aromatic rings. The van der Waals surface area contributed by atoms with Gasteiger partial charge in [0.15, 0.2) is 0 Å². The van der Waals surface area contributed by atoms with Crippen molar-refractivity contribution in [3.05, 3.63) is 44.4 Å². The molecule has 109 valence electrons. The fourth-order valence-corrected chi connectivity index (χ4v) is 1.90. The van der Waals surface area contributed by atoms with Crippen molar-refractivity contribution in [2.45, 2.75) is 46.1 Å². The number of hydrogen-bond acceptors (Lipinski definition) is 2. The van der Waals surface area contributed by atoms with Gasteiger partial charge < -0.3 is 14.4 Å². The van der Waals surface area contributed by atoms with Gasteiger partial charge in [-0.15, -0.1) is 0 Å². The quantitative estimate of drug-likeness (QED) is 0.735. The minimum atomic E-state index is 0. The molecule has 0 aromatic carbocycles. The summed E-state index contributed by atoms with van der Waals surface area (Å²) in [6.45, 7) is 6.94. The molecule has 1 aliphatic heterocycles. The Morgan fingerprint density at radius 1 is 1.47 bits per heavy atom. The van der Waals surface area contributed by atoms with Crippen molar-refractivity contribution < 1.29 is 32.7 Å². The molecule has 3 heteroatoms. The van der Waals surface area contributed by atoms with E-state index >= 15 is 0 Å². The topological polar surface area (TPSA) is 16.1 Å². The Kier molecular flexibility index (Phi) is 18.7. The Morgan fingerprint density at radius 3 is 2.47 bits per heavy atom. The van der Waals surface area contributed by atoms with E-state index in [4.69, 9.17) is 0 Å². The van der Waals surface area contributed by atoms with E-state index in [1.54, 1.807) is 0 Å². The largest absolute Gasteiger partial charge is 0.358 e. The van der Waals surface area contributed by atoms with Gasteiger partial charge >= 0.3 is 0 Å². The molecule has 0 spiro atoms. The molecular weight excluding hydrogens is 309 g/mol. The van der Waals surface area contributed by atoms with E-state index < -0.39 is 0 Å². The summed E-state index contributed by atoms with van der Waals surface area (Å²) in [6, 6.07) is 4.79. The standard InChI is InChI=1S/C10H14N2.C4H9.CH4.CH3.Y/c1-12-7-3-5-10(12)9-4-2-6-11-8-9;1-3-4-2;;;/h2,4,6,8,10H,3,5,7H2,1H3;1,3-4H2,2H3;1H4;1H3;/q;-1;;-1;. The number of hydrogen-bond donors (Lipinski definition) is 0. The van der Waals surface area contributed by atoms with Crippen LogP contribution in [0.4, 0.5) is 0 Å². The van der Waals surface area contributed by atoms with E-state index in [0.29, 0.717) is 6.04 Å².